The highest BCUT2D eigenvalue weighted by Crippen LogP contribution is 2.23. The number of methoxy groups -OCH3 is 1. The van der Waals surface area contributed by atoms with Crippen molar-refractivity contribution in [2.75, 3.05) is 12.8 Å². The predicted molar refractivity (Wildman–Crippen MR) is 62.1 cm³/mol. The van der Waals surface area contributed by atoms with Crippen LogP contribution in [0.3, 0.4) is 0 Å². The van der Waals surface area contributed by atoms with E-state index < -0.39 is 23.2 Å². The first-order chi connectivity index (χ1) is 8.51. The van der Waals surface area contributed by atoms with Crippen LogP contribution < -0.4 is 11.1 Å². The molecule has 3 N–H and O–H groups in total. The van der Waals surface area contributed by atoms with Crippen LogP contribution in [0, 0.1) is 11.6 Å². The van der Waals surface area contributed by atoms with Gasteiger partial charge in [-0.3, -0.25) is 4.79 Å². The monoisotopic (exact) mass is 256 g/mol. The number of nitrogens with two attached hydrogens (primary N) is 1. The third-order valence-corrected chi connectivity index (χ3v) is 3.10. The summed E-state index contributed by atoms with van der Waals surface area (Å²) >= 11 is 0. The van der Waals surface area contributed by atoms with E-state index in [1.807, 2.05) is 0 Å². The molecule has 1 aliphatic carbocycles. The Kier molecular flexibility index (Phi) is 3.47. The summed E-state index contributed by atoms with van der Waals surface area (Å²) in [5.74, 6) is -2.36. The van der Waals surface area contributed by atoms with Gasteiger partial charge >= 0.3 is 0 Å². The average Bonchev–Trinajstić information content (AvgIpc) is 2.29. The molecular weight excluding hydrogens is 242 g/mol. The van der Waals surface area contributed by atoms with Crippen molar-refractivity contribution in [3.63, 3.8) is 0 Å². The van der Waals surface area contributed by atoms with Crippen molar-refractivity contribution in [1.82, 2.24) is 5.32 Å². The van der Waals surface area contributed by atoms with E-state index in [0.29, 0.717) is 12.8 Å². The van der Waals surface area contributed by atoms with Crippen molar-refractivity contribution in [2.45, 2.75) is 25.0 Å². The van der Waals surface area contributed by atoms with Gasteiger partial charge in [0.05, 0.1) is 6.10 Å². The Bertz CT molecular complexity index is 450. The fraction of sp³-hybridized carbons (Fsp3) is 0.417. The second-order valence-electron chi connectivity index (χ2n) is 4.35. The van der Waals surface area contributed by atoms with Crippen LogP contribution in [0.1, 0.15) is 23.2 Å². The van der Waals surface area contributed by atoms with Crippen molar-refractivity contribution >= 4 is 11.6 Å². The van der Waals surface area contributed by atoms with Crippen molar-refractivity contribution in [1.29, 1.82) is 0 Å². The molecule has 1 aromatic carbocycles. The fourth-order valence-corrected chi connectivity index (χ4v) is 1.86. The van der Waals surface area contributed by atoms with E-state index >= 15 is 0 Å². The number of ether oxygens (including phenoxy) is 1. The predicted octanol–water partition coefficient (Wildman–Crippen LogP) is 1.45. The number of halogens is 2. The number of hydrogen-bond acceptors (Lipinski definition) is 3. The van der Waals surface area contributed by atoms with Gasteiger partial charge in [0.25, 0.3) is 5.91 Å². The van der Waals surface area contributed by atoms with Crippen LogP contribution in [0.5, 0.6) is 0 Å². The quantitative estimate of drug-likeness (QED) is 0.805. The molecular formula is C12H14F2N2O2. The summed E-state index contributed by atoms with van der Waals surface area (Å²) in [5, 5.41) is 2.68. The van der Waals surface area contributed by atoms with Crippen LogP contribution in [0.25, 0.3) is 0 Å². The van der Waals surface area contributed by atoms with Crippen LogP contribution in [-0.4, -0.2) is 25.2 Å². The Labute approximate surface area is 103 Å². The van der Waals surface area contributed by atoms with Gasteiger partial charge < -0.3 is 15.8 Å². The van der Waals surface area contributed by atoms with Crippen LogP contribution in [0.15, 0.2) is 12.1 Å². The number of hydrogen-bond donors (Lipinski definition) is 2. The zero-order valence-corrected chi connectivity index (χ0v) is 9.87. The highest BCUT2D eigenvalue weighted by Gasteiger charge is 2.30. The molecule has 4 nitrogen and oxygen atoms in total. The SMILES string of the molecule is COC1CC(NC(=O)c2cc(F)c(N)c(F)c2)C1. The molecule has 1 aliphatic rings. The zero-order chi connectivity index (χ0) is 13.3. The molecule has 0 heterocycles. The van der Waals surface area contributed by atoms with Gasteiger partial charge in [0.15, 0.2) is 0 Å². The largest absolute Gasteiger partial charge is 0.394 e. The van der Waals surface area contributed by atoms with E-state index in [9.17, 15) is 13.6 Å². The Morgan fingerprint density at radius 1 is 1.39 bits per heavy atom. The topological polar surface area (TPSA) is 64.3 Å². The van der Waals surface area contributed by atoms with Crippen molar-refractivity contribution in [3.05, 3.63) is 29.3 Å². The Balaban J connectivity index is 2.02. The summed E-state index contributed by atoms with van der Waals surface area (Å²) in [6.45, 7) is 0. The Morgan fingerprint density at radius 3 is 2.44 bits per heavy atom. The Morgan fingerprint density at radius 2 is 1.94 bits per heavy atom. The molecule has 1 saturated carbocycles. The molecule has 2 rings (SSSR count). The number of amides is 1. The van der Waals surface area contributed by atoms with Gasteiger partial charge in [-0.2, -0.15) is 0 Å². The van der Waals surface area contributed by atoms with E-state index in [-0.39, 0.29) is 17.7 Å². The van der Waals surface area contributed by atoms with E-state index in [0.717, 1.165) is 12.1 Å². The van der Waals surface area contributed by atoms with Crippen molar-refractivity contribution in [2.24, 2.45) is 0 Å². The molecule has 0 aliphatic heterocycles. The lowest BCUT2D eigenvalue weighted by atomic mass is 9.89. The normalized spacial score (nSPS) is 22.4. The van der Waals surface area contributed by atoms with Crippen molar-refractivity contribution < 1.29 is 18.3 Å². The summed E-state index contributed by atoms with van der Waals surface area (Å²) in [4.78, 5) is 11.7. The highest BCUT2D eigenvalue weighted by atomic mass is 19.1. The maximum atomic E-state index is 13.2. The number of nitrogens with one attached hydrogen (secondary N) is 1. The average molecular weight is 256 g/mol. The maximum absolute atomic E-state index is 13.2. The zero-order valence-electron chi connectivity index (χ0n) is 9.87. The second kappa shape index (κ2) is 4.89. The van der Waals surface area contributed by atoms with Gasteiger partial charge in [-0.15, -0.1) is 0 Å². The minimum Gasteiger partial charge on any atom is -0.394 e. The summed E-state index contributed by atoms with van der Waals surface area (Å²) < 4.78 is 31.4. The summed E-state index contributed by atoms with van der Waals surface area (Å²) in [6, 6.07) is 1.85. The van der Waals surface area contributed by atoms with Gasteiger partial charge in [-0.25, -0.2) is 8.78 Å². The molecule has 0 saturated heterocycles. The minimum absolute atomic E-state index is 0.00822. The van der Waals surface area contributed by atoms with Crippen LogP contribution in [-0.2, 0) is 4.74 Å². The smallest absolute Gasteiger partial charge is 0.251 e. The molecule has 1 fully saturated rings. The molecule has 0 aromatic heterocycles. The lowest BCUT2D eigenvalue weighted by Crippen LogP contribution is -2.47. The number of carbonyl (C=O) groups is 1. The highest BCUT2D eigenvalue weighted by molar-refractivity contribution is 5.94. The molecule has 18 heavy (non-hydrogen) atoms. The molecule has 6 heteroatoms. The maximum Gasteiger partial charge on any atom is 0.251 e. The number of rotatable bonds is 3. The Hall–Kier alpha value is -1.69. The molecule has 0 atom stereocenters. The lowest BCUT2D eigenvalue weighted by molar-refractivity contribution is 0.0176. The van der Waals surface area contributed by atoms with E-state index in [4.69, 9.17) is 10.5 Å². The van der Waals surface area contributed by atoms with Gasteiger partial charge in [0, 0.05) is 18.7 Å². The first-order valence-corrected chi connectivity index (χ1v) is 5.59. The van der Waals surface area contributed by atoms with Crippen molar-refractivity contribution in [3.8, 4) is 0 Å². The number of benzene rings is 1. The summed E-state index contributed by atoms with van der Waals surface area (Å²) in [6.07, 6.45) is 1.57. The molecule has 1 amide bonds. The fourth-order valence-electron chi connectivity index (χ4n) is 1.86. The third-order valence-electron chi connectivity index (χ3n) is 3.10. The molecule has 0 radical (unpaired) electrons. The van der Waals surface area contributed by atoms with Crippen LogP contribution >= 0.6 is 0 Å². The first-order valence-electron chi connectivity index (χ1n) is 5.59. The van der Waals surface area contributed by atoms with Crippen LogP contribution in [0.4, 0.5) is 14.5 Å². The minimum atomic E-state index is -0.927. The molecule has 1 aromatic rings. The van der Waals surface area contributed by atoms with Gasteiger partial charge in [0.1, 0.15) is 17.3 Å². The summed E-state index contributed by atoms with van der Waals surface area (Å²) in [5.41, 5.74) is 4.48. The lowest BCUT2D eigenvalue weighted by Gasteiger charge is -2.34. The second-order valence-corrected chi connectivity index (χ2v) is 4.35. The van der Waals surface area contributed by atoms with E-state index in [1.54, 1.807) is 7.11 Å². The van der Waals surface area contributed by atoms with E-state index in [1.165, 1.54) is 0 Å². The number of nitrogen functional groups attached to an aromatic ring is 1. The number of anilines is 1. The van der Waals surface area contributed by atoms with Gasteiger partial charge in [-0.1, -0.05) is 0 Å². The molecule has 0 bridgehead atoms. The third kappa shape index (κ3) is 2.43. The molecule has 0 spiro atoms. The molecule has 98 valence electrons. The van der Waals surface area contributed by atoms with Crippen LogP contribution in [0.2, 0.25) is 0 Å². The first kappa shape index (κ1) is 12.8. The van der Waals surface area contributed by atoms with E-state index in [2.05, 4.69) is 5.32 Å². The molecule has 0 unspecified atom stereocenters. The van der Waals surface area contributed by atoms with Gasteiger partial charge in [0.2, 0.25) is 0 Å². The number of carbonyl (C=O) groups excluding carboxylic acids is 1. The standard InChI is InChI=1S/C12H14F2N2O2/c1-18-8-4-7(5-8)16-12(17)6-2-9(13)11(15)10(14)3-6/h2-3,7-8H,4-5,15H2,1H3,(H,16,17). The summed E-state index contributed by atoms with van der Waals surface area (Å²) in [7, 11) is 1.60. The van der Waals surface area contributed by atoms with Gasteiger partial charge in [-0.05, 0) is 25.0 Å².